The fraction of sp³-hybridized carbons (Fsp3) is 0.227. The first kappa shape index (κ1) is 20.1. The van der Waals surface area contributed by atoms with Crippen LogP contribution in [0.1, 0.15) is 19.2 Å². The van der Waals surface area contributed by atoms with Crippen LogP contribution in [0.4, 0.5) is 0 Å². The number of aromatic nitrogens is 5. The van der Waals surface area contributed by atoms with Crippen molar-refractivity contribution in [2.24, 2.45) is 4.99 Å². The van der Waals surface area contributed by atoms with Crippen molar-refractivity contribution in [3.8, 4) is 17.1 Å². The lowest BCUT2D eigenvalue weighted by Crippen LogP contribution is -2.00. The summed E-state index contributed by atoms with van der Waals surface area (Å²) in [5, 5.41) is 13.1. The van der Waals surface area contributed by atoms with Gasteiger partial charge in [-0.05, 0) is 37.6 Å². The maximum absolute atomic E-state index is 5.10. The van der Waals surface area contributed by atoms with Crippen LogP contribution < -0.4 is 4.74 Å². The second-order valence-corrected chi connectivity index (χ2v) is 6.12. The molecule has 3 aromatic heterocycles. The van der Waals surface area contributed by atoms with Crippen molar-refractivity contribution < 1.29 is 4.74 Å². The van der Waals surface area contributed by atoms with E-state index in [1.807, 2.05) is 55.6 Å². The van der Waals surface area contributed by atoms with Crippen LogP contribution in [0.2, 0.25) is 0 Å². The summed E-state index contributed by atoms with van der Waals surface area (Å²) in [7, 11) is 1.60. The molecule has 0 atom stereocenters. The summed E-state index contributed by atoms with van der Waals surface area (Å²) in [6.07, 6.45) is 17.2. The van der Waals surface area contributed by atoms with E-state index in [9.17, 15) is 0 Å². The Labute approximate surface area is 170 Å². The fourth-order valence-electron chi connectivity index (χ4n) is 2.56. The first-order valence-corrected chi connectivity index (χ1v) is 9.44. The first-order valence-electron chi connectivity index (χ1n) is 9.44. The van der Waals surface area contributed by atoms with Gasteiger partial charge in [0, 0.05) is 30.5 Å². The second kappa shape index (κ2) is 10.7. The molecule has 7 heteroatoms. The minimum Gasteiger partial charge on any atom is -0.481 e. The van der Waals surface area contributed by atoms with E-state index >= 15 is 0 Å². The van der Waals surface area contributed by atoms with Crippen molar-refractivity contribution in [3.05, 3.63) is 72.7 Å². The van der Waals surface area contributed by atoms with Crippen molar-refractivity contribution in [1.29, 1.82) is 0 Å². The molecule has 0 N–H and O–H groups in total. The zero-order valence-electron chi connectivity index (χ0n) is 16.6. The third-order valence-corrected chi connectivity index (χ3v) is 4.08. The number of hydrogen-bond acceptors (Lipinski definition) is 6. The smallest absolute Gasteiger partial charge is 0.212 e. The topological polar surface area (TPSA) is 77.6 Å². The van der Waals surface area contributed by atoms with Crippen LogP contribution in [-0.4, -0.2) is 44.7 Å². The standard InChI is InChI=1S/C22H24N6O/c1-3-4-15-23-16-9-7-5-6-8-10-20-25-26-21-13-12-19(27-28(20)21)18-11-14-22(29-2)24-17-18/h3-4,6-9,11-14,16-17H,5,10,15H2,1-2H3/b4-3-,8-6+,9-7-,23-16?. The van der Waals surface area contributed by atoms with Crippen molar-refractivity contribution in [2.45, 2.75) is 19.8 Å². The van der Waals surface area contributed by atoms with Gasteiger partial charge < -0.3 is 4.74 Å². The summed E-state index contributed by atoms with van der Waals surface area (Å²) in [4.78, 5) is 8.47. The number of nitrogens with zero attached hydrogens (tertiary/aromatic N) is 6. The van der Waals surface area contributed by atoms with Crippen LogP contribution in [0.25, 0.3) is 16.9 Å². The molecule has 0 saturated carbocycles. The zero-order chi connectivity index (χ0) is 20.3. The molecule has 3 rings (SSSR count). The number of hydrogen-bond donors (Lipinski definition) is 0. The molecule has 0 radical (unpaired) electrons. The van der Waals surface area contributed by atoms with E-state index in [-0.39, 0.29) is 0 Å². The van der Waals surface area contributed by atoms with Gasteiger partial charge in [0.15, 0.2) is 11.5 Å². The van der Waals surface area contributed by atoms with Gasteiger partial charge in [0.1, 0.15) is 0 Å². The molecule has 0 unspecified atom stereocenters. The van der Waals surface area contributed by atoms with Crippen molar-refractivity contribution >= 4 is 11.9 Å². The first-order chi connectivity index (χ1) is 14.3. The summed E-state index contributed by atoms with van der Waals surface area (Å²) in [5.41, 5.74) is 2.43. The second-order valence-electron chi connectivity index (χ2n) is 6.12. The Hall–Kier alpha value is -3.61. The number of allylic oxidation sites excluding steroid dienone is 5. The highest BCUT2D eigenvalue weighted by Gasteiger charge is 2.08. The van der Waals surface area contributed by atoms with Crippen LogP contribution >= 0.6 is 0 Å². The average Bonchev–Trinajstić information content (AvgIpc) is 3.17. The normalized spacial score (nSPS) is 12.3. The van der Waals surface area contributed by atoms with Gasteiger partial charge in [0.05, 0.1) is 19.3 Å². The molecule has 3 aromatic rings. The third kappa shape index (κ3) is 5.68. The Morgan fingerprint density at radius 3 is 2.79 bits per heavy atom. The van der Waals surface area contributed by atoms with Crippen LogP contribution in [0.15, 0.2) is 71.9 Å². The molecule has 7 nitrogen and oxygen atoms in total. The number of methoxy groups -OCH3 is 1. The van der Waals surface area contributed by atoms with Gasteiger partial charge in [-0.1, -0.05) is 30.4 Å². The van der Waals surface area contributed by atoms with Gasteiger partial charge in [-0.3, -0.25) is 4.99 Å². The van der Waals surface area contributed by atoms with E-state index in [2.05, 4.69) is 43.5 Å². The summed E-state index contributed by atoms with van der Waals surface area (Å²) >= 11 is 0. The maximum Gasteiger partial charge on any atom is 0.212 e. The Morgan fingerprint density at radius 2 is 2.00 bits per heavy atom. The van der Waals surface area contributed by atoms with Gasteiger partial charge in [-0.25, -0.2) is 4.98 Å². The minimum absolute atomic E-state index is 0.572. The largest absolute Gasteiger partial charge is 0.481 e. The number of rotatable bonds is 9. The van der Waals surface area contributed by atoms with Gasteiger partial charge in [-0.2, -0.15) is 9.61 Å². The highest BCUT2D eigenvalue weighted by atomic mass is 16.5. The highest BCUT2D eigenvalue weighted by Crippen LogP contribution is 2.18. The molecule has 29 heavy (non-hydrogen) atoms. The summed E-state index contributed by atoms with van der Waals surface area (Å²) in [6, 6.07) is 7.56. The summed E-state index contributed by atoms with van der Waals surface area (Å²) in [5.74, 6) is 1.36. The molecule has 148 valence electrons. The van der Waals surface area contributed by atoms with Crippen LogP contribution in [0.5, 0.6) is 5.88 Å². The van der Waals surface area contributed by atoms with E-state index in [1.54, 1.807) is 17.8 Å². The van der Waals surface area contributed by atoms with Crippen LogP contribution in [-0.2, 0) is 6.42 Å². The Balaban J connectivity index is 1.62. The maximum atomic E-state index is 5.10. The number of aliphatic imine (C=N–C) groups is 1. The number of ether oxygens (including phenoxy) is 1. The monoisotopic (exact) mass is 388 g/mol. The molecule has 0 fully saturated rings. The molecular formula is C22H24N6O. The highest BCUT2D eigenvalue weighted by molar-refractivity contribution is 5.71. The Morgan fingerprint density at radius 1 is 1.07 bits per heavy atom. The zero-order valence-corrected chi connectivity index (χ0v) is 16.6. The van der Waals surface area contributed by atoms with Crippen LogP contribution in [0, 0.1) is 0 Å². The molecule has 0 aliphatic heterocycles. The Kier molecular flexibility index (Phi) is 7.40. The Bertz CT molecular complexity index is 1030. The van der Waals surface area contributed by atoms with Gasteiger partial charge in [0.2, 0.25) is 5.88 Å². The number of pyridine rings is 1. The predicted octanol–water partition coefficient (Wildman–Crippen LogP) is 3.89. The van der Waals surface area contributed by atoms with E-state index < -0.39 is 0 Å². The fourth-order valence-corrected chi connectivity index (χ4v) is 2.56. The van der Waals surface area contributed by atoms with Gasteiger partial charge in [-0.15, -0.1) is 10.2 Å². The number of fused-ring (bicyclic) bond motifs is 1. The molecule has 0 saturated heterocycles. The molecule has 3 heterocycles. The van der Waals surface area contributed by atoms with Crippen molar-refractivity contribution in [2.75, 3.05) is 13.7 Å². The van der Waals surface area contributed by atoms with Gasteiger partial charge >= 0.3 is 0 Å². The van der Waals surface area contributed by atoms with Gasteiger partial charge in [0.25, 0.3) is 0 Å². The molecule has 0 aromatic carbocycles. The van der Waals surface area contributed by atoms with E-state index in [1.165, 1.54) is 0 Å². The average molecular weight is 388 g/mol. The van der Waals surface area contributed by atoms with Crippen molar-refractivity contribution in [3.63, 3.8) is 0 Å². The summed E-state index contributed by atoms with van der Waals surface area (Å²) in [6.45, 7) is 2.71. The lowest BCUT2D eigenvalue weighted by atomic mass is 10.2. The van der Waals surface area contributed by atoms with E-state index in [4.69, 9.17) is 4.74 Å². The minimum atomic E-state index is 0.572. The van der Waals surface area contributed by atoms with E-state index in [0.29, 0.717) is 12.3 Å². The lowest BCUT2D eigenvalue weighted by molar-refractivity contribution is 0.398. The molecule has 0 aliphatic carbocycles. The molecule has 0 bridgehead atoms. The van der Waals surface area contributed by atoms with E-state index in [0.717, 1.165) is 35.7 Å². The predicted molar refractivity (Wildman–Crippen MR) is 115 cm³/mol. The summed E-state index contributed by atoms with van der Waals surface area (Å²) < 4.78 is 6.88. The van der Waals surface area contributed by atoms with Crippen LogP contribution in [0.3, 0.4) is 0 Å². The molecule has 0 amide bonds. The SMILES string of the molecule is C/C=C\CN=C/C=C\C/C=C/Cc1nnc2ccc(-c3ccc(OC)nc3)nn12. The molecule has 0 aliphatic rings. The quantitative estimate of drug-likeness (QED) is 0.410. The molecule has 0 spiro atoms. The molecular weight excluding hydrogens is 364 g/mol. The lowest BCUT2D eigenvalue weighted by Gasteiger charge is -2.03. The van der Waals surface area contributed by atoms with Crippen molar-refractivity contribution in [1.82, 2.24) is 24.8 Å². The third-order valence-electron chi connectivity index (χ3n) is 4.08.